The number of benzene rings is 4. The maximum absolute atomic E-state index is 12.7. The van der Waals surface area contributed by atoms with Gasteiger partial charge < -0.3 is 9.84 Å². The summed E-state index contributed by atoms with van der Waals surface area (Å²) >= 11 is 0. The zero-order chi connectivity index (χ0) is 33.0. The van der Waals surface area contributed by atoms with E-state index in [2.05, 4.69) is 4.74 Å². The molecule has 0 aliphatic heterocycles. The number of hydrogen-bond donors (Lipinski definition) is 1. The molecule has 12 heteroatoms. The minimum Gasteiger partial charge on any atom is -0.478 e. The van der Waals surface area contributed by atoms with E-state index in [-0.39, 0.29) is 9.79 Å². The molecule has 4 aromatic rings. The first-order valence-electron chi connectivity index (χ1n) is 13.3. The Morgan fingerprint density at radius 2 is 1.02 bits per heavy atom. The van der Waals surface area contributed by atoms with E-state index in [0.29, 0.717) is 22.5 Å². The number of sulfonamides is 2. The highest BCUT2D eigenvalue weighted by molar-refractivity contribution is 7.93. The van der Waals surface area contributed by atoms with Crippen LogP contribution in [-0.4, -0.2) is 55.1 Å². The van der Waals surface area contributed by atoms with Gasteiger partial charge in [-0.05, 0) is 71.8 Å². The van der Waals surface area contributed by atoms with Gasteiger partial charge in [-0.2, -0.15) is 0 Å². The Hall–Kier alpha value is -5.20. The van der Waals surface area contributed by atoms with Crippen LogP contribution in [-0.2, 0) is 34.4 Å². The van der Waals surface area contributed by atoms with Gasteiger partial charge in [-0.15, -0.1) is 0 Å². The summed E-state index contributed by atoms with van der Waals surface area (Å²) in [6, 6.07) is 30.0. The first kappa shape index (κ1) is 34.3. The van der Waals surface area contributed by atoms with E-state index in [4.69, 9.17) is 5.11 Å². The summed E-state index contributed by atoms with van der Waals surface area (Å²) in [4.78, 5) is 21.9. The van der Waals surface area contributed by atoms with Crippen LogP contribution in [0, 0.1) is 0 Å². The fourth-order valence-corrected chi connectivity index (χ4v) is 6.33. The van der Waals surface area contributed by atoms with Crippen molar-refractivity contribution < 1.29 is 36.3 Å². The van der Waals surface area contributed by atoms with Crippen molar-refractivity contribution in [1.29, 1.82) is 0 Å². The van der Waals surface area contributed by atoms with Crippen molar-refractivity contribution in [3.05, 3.63) is 132 Å². The van der Waals surface area contributed by atoms with Crippen LogP contribution in [0.1, 0.15) is 11.1 Å². The van der Waals surface area contributed by atoms with Crippen molar-refractivity contribution in [2.24, 2.45) is 0 Å². The number of para-hydroxylation sites is 2. The van der Waals surface area contributed by atoms with Gasteiger partial charge in [0, 0.05) is 26.2 Å². The minimum atomic E-state index is -3.70. The molecule has 0 saturated carbocycles. The summed E-state index contributed by atoms with van der Waals surface area (Å²) in [6.45, 7) is 0. The third-order valence-electron chi connectivity index (χ3n) is 6.30. The summed E-state index contributed by atoms with van der Waals surface area (Å²) in [5.41, 5.74) is 2.22. The van der Waals surface area contributed by atoms with Crippen molar-refractivity contribution in [3.63, 3.8) is 0 Å². The van der Waals surface area contributed by atoms with Gasteiger partial charge in [0.25, 0.3) is 20.0 Å². The average molecular weight is 649 g/mol. The quantitative estimate of drug-likeness (QED) is 0.180. The average Bonchev–Trinajstić information content (AvgIpc) is 3.06. The van der Waals surface area contributed by atoms with Crippen molar-refractivity contribution in [3.8, 4) is 0 Å². The van der Waals surface area contributed by atoms with Crippen LogP contribution in [0.2, 0.25) is 0 Å². The smallest absolute Gasteiger partial charge is 0.330 e. The van der Waals surface area contributed by atoms with Crippen LogP contribution in [0.25, 0.3) is 12.2 Å². The molecule has 4 aromatic carbocycles. The maximum Gasteiger partial charge on any atom is 0.330 e. The molecule has 0 amide bonds. The zero-order valence-corrected chi connectivity index (χ0v) is 26.4. The molecule has 1 N–H and O–H groups in total. The lowest BCUT2D eigenvalue weighted by molar-refractivity contribution is -0.135. The first-order chi connectivity index (χ1) is 21.4. The number of aliphatic carboxylic acids is 1. The third-order valence-corrected chi connectivity index (χ3v) is 9.87. The Bertz CT molecular complexity index is 1890. The third kappa shape index (κ3) is 9.39. The van der Waals surface area contributed by atoms with Crippen LogP contribution in [0.3, 0.4) is 0 Å². The predicted octanol–water partition coefficient (Wildman–Crippen LogP) is 5.31. The maximum atomic E-state index is 12.7. The van der Waals surface area contributed by atoms with Gasteiger partial charge in [-0.1, -0.05) is 60.7 Å². The molecular weight excluding hydrogens is 617 g/mol. The van der Waals surface area contributed by atoms with Gasteiger partial charge in [0.05, 0.1) is 28.3 Å². The normalized spacial score (nSPS) is 11.4. The Morgan fingerprint density at radius 1 is 0.622 bits per heavy atom. The number of hydrogen-bond acceptors (Lipinski definition) is 7. The molecule has 4 rings (SSSR count). The number of carbonyl (C=O) groups is 2. The lowest BCUT2D eigenvalue weighted by atomic mass is 10.2. The number of nitrogens with zero attached hydrogens (tertiary/aromatic N) is 2. The number of rotatable bonds is 10. The predicted molar refractivity (Wildman–Crippen MR) is 175 cm³/mol. The topological polar surface area (TPSA) is 138 Å². The summed E-state index contributed by atoms with van der Waals surface area (Å²) < 4.78 is 57.5. The van der Waals surface area contributed by atoms with Gasteiger partial charge in [0.2, 0.25) is 0 Å². The molecule has 0 atom stereocenters. The highest BCUT2D eigenvalue weighted by atomic mass is 32.2. The number of carboxylic acids is 1. The van der Waals surface area contributed by atoms with Crippen LogP contribution in [0.15, 0.2) is 131 Å². The monoisotopic (exact) mass is 648 g/mol. The molecule has 0 aliphatic rings. The highest BCUT2D eigenvalue weighted by Crippen LogP contribution is 2.24. The summed E-state index contributed by atoms with van der Waals surface area (Å²) in [5.74, 6) is -1.59. The molecule has 0 radical (unpaired) electrons. The van der Waals surface area contributed by atoms with Crippen molar-refractivity contribution >= 4 is 55.5 Å². The van der Waals surface area contributed by atoms with Gasteiger partial charge in [-0.3, -0.25) is 8.61 Å². The van der Waals surface area contributed by atoms with Gasteiger partial charge in [-0.25, -0.2) is 26.4 Å². The molecule has 0 aromatic heterocycles. The second-order valence-corrected chi connectivity index (χ2v) is 13.2. The van der Waals surface area contributed by atoms with Crippen LogP contribution in [0.5, 0.6) is 0 Å². The Labute approximate surface area is 263 Å². The number of anilines is 2. The second-order valence-electron chi connectivity index (χ2n) is 9.29. The first-order valence-corrected chi connectivity index (χ1v) is 16.2. The lowest BCUT2D eigenvalue weighted by Gasteiger charge is -2.19. The van der Waals surface area contributed by atoms with E-state index < -0.39 is 32.0 Å². The number of methoxy groups -OCH3 is 1. The molecule has 0 aliphatic carbocycles. The van der Waals surface area contributed by atoms with Crippen molar-refractivity contribution in [2.75, 3.05) is 29.8 Å². The molecule has 0 saturated heterocycles. The van der Waals surface area contributed by atoms with Gasteiger partial charge >= 0.3 is 11.9 Å². The van der Waals surface area contributed by atoms with Crippen molar-refractivity contribution in [2.45, 2.75) is 9.79 Å². The number of carboxylic acid groups (broad SMARTS) is 1. The molecular formula is C33H32N2O8S2. The Balaban J connectivity index is 0.000000246. The number of carbonyl (C=O) groups excluding carboxylic acids is 1. The van der Waals surface area contributed by atoms with Crippen LogP contribution < -0.4 is 8.61 Å². The van der Waals surface area contributed by atoms with Gasteiger partial charge in [0.15, 0.2) is 0 Å². The highest BCUT2D eigenvalue weighted by Gasteiger charge is 2.22. The minimum absolute atomic E-state index is 0.103. The number of ether oxygens (including phenoxy) is 1. The molecule has 234 valence electrons. The largest absolute Gasteiger partial charge is 0.478 e. The van der Waals surface area contributed by atoms with E-state index in [0.717, 1.165) is 6.08 Å². The lowest BCUT2D eigenvalue weighted by Crippen LogP contribution is -2.26. The fraction of sp³-hybridized carbons (Fsp3) is 0.0909. The Morgan fingerprint density at radius 3 is 1.40 bits per heavy atom. The molecule has 0 bridgehead atoms. The SMILES string of the molecule is CN(c1ccccc1)S(=O)(=O)c1cccc(/C=C/C(=O)O)c1.COC(=O)/C=C/c1cccc(S(=O)(=O)N(C)c2ccccc2)c1. The summed E-state index contributed by atoms with van der Waals surface area (Å²) in [7, 11) is -3.12. The van der Waals surface area contributed by atoms with Crippen LogP contribution >= 0.6 is 0 Å². The van der Waals surface area contributed by atoms with E-state index in [9.17, 15) is 26.4 Å². The summed E-state index contributed by atoms with van der Waals surface area (Å²) in [5, 5.41) is 8.63. The molecule has 0 heterocycles. The molecule has 0 fully saturated rings. The Kier molecular flexibility index (Phi) is 11.8. The second kappa shape index (κ2) is 15.5. The van der Waals surface area contributed by atoms with E-state index in [1.54, 1.807) is 78.9 Å². The number of esters is 1. The fourth-order valence-electron chi connectivity index (χ4n) is 3.83. The molecule has 0 unspecified atom stereocenters. The zero-order valence-electron chi connectivity index (χ0n) is 24.7. The van der Waals surface area contributed by atoms with E-state index in [1.165, 1.54) is 72.3 Å². The standard InChI is InChI=1S/C17H17NO4S.C16H15NO4S/c1-18(15-8-4-3-5-9-15)23(20,21)16-10-6-7-14(13-16)11-12-17(19)22-2;1-17(14-7-3-2-4-8-14)22(20,21)15-9-5-6-13(12-15)10-11-16(18)19/h3-13H,1-2H3;2-12H,1H3,(H,18,19)/b12-11+;11-10+. The molecule has 45 heavy (non-hydrogen) atoms. The van der Waals surface area contributed by atoms with Crippen molar-refractivity contribution in [1.82, 2.24) is 0 Å². The summed E-state index contributed by atoms with van der Waals surface area (Å²) in [6.07, 6.45) is 5.07. The molecule has 0 spiro atoms. The van der Waals surface area contributed by atoms with E-state index in [1.807, 2.05) is 6.07 Å². The van der Waals surface area contributed by atoms with Crippen LogP contribution in [0.4, 0.5) is 11.4 Å². The van der Waals surface area contributed by atoms with Gasteiger partial charge in [0.1, 0.15) is 0 Å². The molecule has 10 nitrogen and oxygen atoms in total. The van der Waals surface area contributed by atoms with E-state index >= 15 is 0 Å².